The monoisotopic (exact) mass is 300 g/mol. The van der Waals surface area contributed by atoms with Crippen LogP contribution in [0.25, 0.3) is 0 Å². The van der Waals surface area contributed by atoms with Crippen molar-refractivity contribution in [2.24, 2.45) is 0 Å². The lowest BCUT2D eigenvalue weighted by molar-refractivity contribution is -0.112. The van der Waals surface area contributed by atoms with Crippen molar-refractivity contribution in [3.8, 4) is 11.5 Å². The fraction of sp³-hybridized carbons (Fsp3) is 0. The van der Waals surface area contributed by atoms with Gasteiger partial charge in [0, 0.05) is 0 Å². The molecular formula is C15H12N2O5. The molecule has 7 heteroatoms. The highest BCUT2D eigenvalue weighted by molar-refractivity contribution is 6.12. The number of amides is 3. The molecular weight excluding hydrogens is 288 g/mol. The Hall–Kier alpha value is -3.35. The van der Waals surface area contributed by atoms with Crippen LogP contribution in [-0.4, -0.2) is 33.4 Å². The molecule has 0 spiro atoms. The minimum Gasteiger partial charge on any atom is -0.507 e. The molecule has 0 aliphatic heterocycles. The van der Waals surface area contributed by atoms with Gasteiger partial charge in [0.1, 0.15) is 11.5 Å². The van der Waals surface area contributed by atoms with E-state index < -0.39 is 11.8 Å². The Balaban J connectivity index is 2.40. The maximum Gasteiger partial charge on any atom is 0.283 e. The van der Waals surface area contributed by atoms with Crippen molar-refractivity contribution in [3.63, 3.8) is 0 Å². The predicted molar refractivity (Wildman–Crippen MR) is 75.9 cm³/mol. The van der Waals surface area contributed by atoms with Gasteiger partial charge in [-0.2, -0.15) is 5.01 Å². The molecule has 0 atom stereocenters. The molecule has 3 amide bonds. The van der Waals surface area contributed by atoms with E-state index in [1.54, 1.807) is 0 Å². The number of benzene rings is 2. The molecule has 0 fully saturated rings. The molecule has 0 bridgehead atoms. The number of imide groups is 1. The number of rotatable bonds is 4. The van der Waals surface area contributed by atoms with E-state index in [1.807, 2.05) is 5.43 Å². The maximum atomic E-state index is 12.3. The number of phenolic OH excluding ortho intramolecular Hbond substituents is 2. The van der Waals surface area contributed by atoms with E-state index in [2.05, 4.69) is 0 Å². The summed E-state index contributed by atoms with van der Waals surface area (Å²) in [5.41, 5.74) is 1.63. The lowest BCUT2D eigenvalue weighted by Gasteiger charge is -2.19. The SMILES string of the molecule is O=CNN(C(=O)c1ccccc1O)C(=O)c1ccccc1O. The van der Waals surface area contributed by atoms with Crippen molar-refractivity contribution < 1.29 is 24.6 Å². The van der Waals surface area contributed by atoms with Gasteiger partial charge in [-0.1, -0.05) is 24.3 Å². The summed E-state index contributed by atoms with van der Waals surface area (Å²) in [5.74, 6) is -2.54. The van der Waals surface area contributed by atoms with Crippen LogP contribution < -0.4 is 5.43 Å². The number of phenols is 2. The topological polar surface area (TPSA) is 107 Å². The van der Waals surface area contributed by atoms with Crippen LogP contribution in [0.15, 0.2) is 48.5 Å². The smallest absolute Gasteiger partial charge is 0.283 e. The first kappa shape index (κ1) is 15.0. The average molecular weight is 300 g/mol. The van der Waals surface area contributed by atoms with Crippen LogP contribution in [0.2, 0.25) is 0 Å². The second-order valence-electron chi connectivity index (χ2n) is 4.23. The van der Waals surface area contributed by atoms with Crippen molar-refractivity contribution in [2.45, 2.75) is 0 Å². The Kier molecular flexibility index (Phi) is 4.38. The highest BCUT2D eigenvalue weighted by atomic mass is 16.3. The van der Waals surface area contributed by atoms with E-state index in [9.17, 15) is 24.6 Å². The Bertz CT molecular complexity index is 672. The van der Waals surface area contributed by atoms with Crippen LogP contribution >= 0.6 is 0 Å². The molecule has 0 radical (unpaired) electrons. The predicted octanol–water partition coefficient (Wildman–Crippen LogP) is 1.04. The standard InChI is InChI=1S/C15H12N2O5/c18-9-16-17(14(21)10-5-1-3-7-12(10)19)15(22)11-6-2-4-8-13(11)20/h1-9,19-20H,(H,16,18). The van der Waals surface area contributed by atoms with Gasteiger partial charge in [0.25, 0.3) is 11.8 Å². The first-order chi connectivity index (χ1) is 10.6. The fourth-order valence-electron chi connectivity index (χ4n) is 1.81. The molecule has 0 aliphatic rings. The summed E-state index contributed by atoms with van der Waals surface area (Å²) in [6, 6.07) is 11.2. The van der Waals surface area contributed by atoms with Crippen molar-refractivity contribution in [2.75, 3.05) is 0 Å². The van der Waals surface area contributed by atoms with Gasteiger partial charge in [-0.15, -0.1) is 0 Å². The maximum absolute atomic E-state index is 12.3. The van der Waals surface area contributed by atoms with E-state index in [4.69, 9.17) is 0 Å². The number of carbonyl (C=O) groups excluding carboxylic acids is 3. The van der Waals surface area contributed by atoms with Gasteiger partial charge in [-0.25, -0.2) is 0 Å². The normalized spacial score (nSPS) is 9.82. The molecule has 22 heavy (non-hydrogen) atoms. The molecule has 0 heterocycles. The average Bonchev–Trinajstić information content (AvgIpc) is 2.52. The number of nitrogens with zero attached hydrogens (tertiary/aromatic N) is 1. The number of carbonyl (C=O) groups is 3. The van der Waals surface area contributed by atoms with Gasteiger partial charge in [-0.05, 0) is 24.3 Å². The summed E-state index contributed by atoms with van der Waals surface area (Å²) < 4.78 is 0. The molecule has 0 unspecified atom stereocenters. The van der Waals surface area contributed by atoms with Crippen LogP contribution in [0.4, 0.5) is 0 Å². The van der Waals surface area contributed by atoms with E-state index in [1.165, 1.54) is 48.5 Å². The summed E-state index contributed by atoms with van der Waals surface area (Å²) in [6.45, 7) is 0. The quantitative estimate of drug-likeness (QED) is 0.444. The van der Waals surface area contributed by atoms with Crippen molar-refractivity contribution >= 4 is 18.2 Å². The Morgan fingerprint density at radius 2 is 1.27 bits per heavy atom. The van der Waals surface area contributed by atoms with Crippen LogP contribution in [0, 0.1) is 0 Å². The third-order valence-electron chi connectivity index (χ3n) is 2.86. The number of nitrogens with one attached hydrogen (secondary N) is 1. The Morgan fingerprint density at radius 3 is 1.64 bits per heavy atom. The van der Waals surface area contributed by atoms with E-state index >= 15 is 0 Å². The first-order valence-corrected chi connectivity index (χ1v) is 6.21. The van der Waals surface area contributed by atoms with Crippen LogP contribution in [0.5, 0.6) is 11.5 Å². The van der Waals surface area contributed by atoms with Crippen LogP contribution in [0.1, 0.15) is 20.7 Å². The molecule has 2 aromatic carbocycles. The van der Waals surface area contributed by atoms with Crippen molar-refractivity contribution in [3.05, 3.63) is 59.7 Å². The largest absolute Gasteiger partial charge is 0.507 e. The third kappa shape index (κ3) is 2.88. The third-order valence-corrected chi connectivity index (χ3v) is 2.86. The molecule has 7 nitrogen and oxygen atoms in total. The summed E-state index contributed by atoms with van der Waals surface area (Å²) in [5, 5.41) is 19.8. The number of hydrogen-bond donors (Lipinski definition) is 3. The second-order valence-corrected chi connectivity index (χ2v) is 4.23. The second kappa shape index (κ2) is 6.40. The Labute approximate surface area is 125 Å². The minimum absolute atomic E-state index is 0.149. The van der Waals surface area contributed by atoms with Crippen LogP contribution in [-0.2, 0) is 4.79 Å². The van der Waals surface area contributed by atoms with Gasteiger partial charge >= 0.3 is 0 Å². The number of hydrogen-bond acceptors (Lipinski definition) is 5. The summed E-state index contributed by atoms with van der Waals surface area (Å²) >= 11 is 0. The summed E-state index contributed by atoms with van der Waals surface area (Å²) in [4.78, 5) is 35.3. The zero-order valence-corrected chi connectivity index (χ0v) is 11.3. The minimum atomic E-state index is -0.932. The van der Waals surface area contributed by atoms with E-state index in [0.717, 1.165) is 0 Å². The highest BCUT2D eigenvalue weighted by Crippen LogP contribution is 2.21. The molecule has 0 aromatic heterocycles. The van der Waals surface area contributed by atoms with Gasteiger partial charge in [0.2, 0.25) is 6.41 Å². The number of hydrazine groups is 1. The van der Waals surface area contributed by atoms with Gasteiger partial charge in [0.05, 0.1) is 11.1 Å². The molecule has 3 N–H and O–H groups in total. The van der Waals surface area contributed by atoms with E-state index in [-0.39, 0.29) is 29.0 Å². The molecule has 0 saturated carbocycles. The number of aromatic hydroxyl groups is 2. The molecule has 112 valence electrons. The van der Waals surface area contributed by atoms with Crippen LogP contribution in [0.3, 0.4) is 0 Å². The summed E-state index contributed by atoms with van der Waals surface area (Å²) in [6.07, 6.45) is 0.149. The van der Waals surface area contributed by atoms with Crippen molar-refractivity contribution in [1.82, 2.24) is 10.4 Å². The van der Waals surface area contributed by atoms with Gasteiger partial charge < -0.3 is 10.2 Å². The molecule has 2 aromatic rings. The number of para-hydroxylation sites is 2. The van der Waals surface area contributed by atoms with Gasteiger partial charge in [-0.3, -0.25) is 19.8 Å². The zero-order chi connectivity index (χ0) is 16.1. The molecule has 0 aliphatic carbocycles. The summed E-state index contributed by atoms with van der Waals surface area (Å²) in [7, 11) is 0. The van der Waals surface area contributed by atoms with Gasteiger partial charge in [0.15, 0.2) is 0 Å². The Morgan fingerprint density at radius 1 is 0.864 bits per heavy atom. The lowest BCUT2D eigenvalue weighted by atomic mass is 10.1. The lowest BCUT2D eigenvalue weighted by Crippen LogP contribution is -2.46. The molecule has 2 rings (SSSR count). The first-order valence-electron chi connectivity index (χ1n) is 6.21. The molecule has 0 saturated heterocycles. The van der Waals surface area contributed by atoms with E-state index in [0.29, 0.717) is 5.01 Å². The highest BCUT2D eigenvalue weighted by Gasteiger charge is 2.27. The zero-order valence-electron chi connectivity index (χ0n) is 11.3. The fourth-order valence-corrected chi connectivity index (χ4v) is 1.81. The van der Waals surface area contributed by atoms with Crippen molar-refractivity contribution in [1.29, 1.82) is 0 Å².